The van der Waals surface area contributed by atoms with Crippen molar-refractivity contribution < 1.29 is 9.53 Å². The Kier molecular flexibility index (Phi) is 5.78. The summed E-state index contributed by atoms with van der Waals surface area (Å²) in [6.45, 7) is 11.2. The van der Waals surface area contributed by atoms with Gasteiger partial charge in [-0.15, -0.1) is 0 Å². The lowest BCUT2D eigenvalue weighted by Crippen LogP contribution is -2.51. The van der Waals surface area contributed by atoms with Gasteiger partial charge in [-0.2, -0.15) is 0 Å². The molecule has 1 aromatic carbocycles. The summed E-state index contributed by atoms with van der Waals surface area (Å²) in [5.41, 5.74) is 0.426. The van der Waals surface area contributed by atoms with Crippen LogP contribution in [0.15, 0.2) is 30.3 Å². The van der Waals surface area contributed by atoms with Crippen molar-refractivity contribution in [1.29, 1.82) is 0 Å². The molecule has 0 atom stereocenters. The van der Waals surface area contributed by atoms with Crippen molar-refractivity contribution in [2.24, 2.45) is 0 Å². The summed E-state index contributed by atoms with van der Waals surface area (Å²) < 4.78 is 5.30. The van der Waals surface area contributed by atoms with E-state index < -0.39 is 5.60 Å². The number of hydrogen-bond acceptors (Lipinski definition) is 3. The molecule has 0 aliphatic heterocycles. The molecule has 0 radical (unpaired) electrons. The number of hydrogen-bond donors (Lipinski definition) is 1. The van der Waals surface area contributed by atoms with E-state index in [0.29, 0.717) is 0 Å². The van der Waals surface area contributed by atoms with Crippen LogP contribution in [0.3, 0.4) is 0 Å². The van der Waals surface area contributed by atoms with Gasteiger partial charge >= 0.3 is 6.09 Å². The molecule has 0 aliphatic carbocycles. The largest absolute Gasteiger partial charge is 0.444 e. The Morgan fingerprint density at radius 2 is 1.71 bits per heavy atom. The average Bonchev–Trinajstić information content (AvgIpc) is 2.24. The first-order valence-corrected chi connectivity index (χ1v) is 7.31. The van der Waals surface area contributed by atoms with Crippen molar-refractivity contribution in [3.63, 3.8) is 0 Å². The highest BCUT2D eigenvalue weighted by Gasteiger charge is 2.25. The molecule has 0 heterocycles. The Morgan fingerprint density at radius 1 is 1.14 bits per heavy atom. The number of alkyl carbamates (subject to hydrolysis) is 1. The van der Waals surface area contributed by atoms with E-state index >= 15 is 0 Å². The monoisotopic (exact) mass is 292 g/mol. The summed E-state index contributed by atoms with van der Waals surface area (Å²) in [6, 6.07) is 10.3. The zero-order chi connectivity index (χ0) is 16.1. The quantitative estimate of drug-likeness (QED) is 0.904. The van der Waals surface area contributed by atoms with E-state index in [9.17, 15) is 4.79 Å². The van der Waals surface area contributed by atoms with Crippen LogP contribution in [0.4, 0.5) is 4.79 Å². The standard InChI is InChI=1S/C17H28N2O2/c1-16(2,3)21-15(20)18-17(4,5)13-19(6)12-14-10-8-7-9-11-14/h7-11H,12-13H2,1-6H3,(H,18,20). The first-order chi connectivity index (χ1) is 9.57. The molecule has 0 fully saturated rings. The second-order valence-electron chi connectivity index (χ2n) is 7.17. The Hall–Kier alpha value is -1.55. The van der Waals surface area contributed by atoms with Crippen LogP contribution in [-0.2, 0) is 11.3 Å². The van der Waals surface area contributed by atoms with Gasteiger partial charge < -0.3 is 10.1 Å². The van der Waals surface area contributed by atoms with Crippen molar-refractivity contribution in [3.05, 3.63) is 35.9 Å². The summed E-state index contributed by atoms with van der Waals surface area (Å²) >= 11 is 0. The van der Waals surface area contributed by atoms with Gasteiger partial charge in [0.25, 0.3) is 0 Å². The van der Waals surface area contributed by atoms with Crippen molar-refractivity contribution in [1.82, 2.24) is 10.2 Å². The number of benzene rings is 1. The van der Waals surface area contributed by atoms with E-state index in [-0.39, 0.29) is 11.6 Å². The zero-order valence-corrected chi connectivity index (χ0v) is 14.1. The number of carbonyl (C=O) groups is 1. The predicted molar refractivity (Wildman–Crippen MR) is 86.2 cm³/mol. The van der Waals surface area contributed by atoms with Gasteiger partial charge in [0, 0.05) is 13.1 Å². The van der Waals surface area contributed by atoms with E-state index in [4.69, 9.17) is 4.74 Å². The molecule has 1 N–H and O–H groups in total. The molecule has 1 amide bonds. The van der Waals surface area contributed by atoms with Crippen LogP contribution >= 0.6 is 0 Å². The summed E-state index contributed by atoms with van der Waals surface area (Å²) in [5, 5.41) is 2.93. The number of nitrogens with zero attached hydrogens (tertiary/aromatic N) is 1. The maximum atomic E-state index is 11.9. The van der Waals surface area contributed by atoms with Gasteiger partial charge in [-0.25, -0.2) is 4.79 Å². The Morgan fingerprint density at radius 3 is 2.24 bits per heavy atom. The molecule has 4 nitrogen and oxygen atoms in total. The van der Waals surface area contributed by atoms with E-state index in [1.54, 1.807) is 0 Å². The zero-order valence-electron chi connectivity index (χ0n) is 14.1. The lowest BCUT2D eigenvalue weighted by Gasteiger charge is -2.32. The van der Waals surface area contributed by atoms with Gasteiger partial charge in [-0.3, -0.25) is 4.90 Å². The number of rotatable bonds is 5. The summed E-state index contributed by atoms with van der Waals surface area (Å²) in [7, 11) is 2.05. The maximum absolute atomic E-state index is 11.9. The molecular formula is C17H28N2O2. The van der Waals surface area contributed by atoms with E-state index in [0.717, 1.165) is 13.1 Å². The Bertz CT molecular complexity index is 450. The number of amides is 1. The van der Waals surface area contributed by atoms with E-state index in [1.165, 1.54) is 5.56 Å². The van der Waals surface area contributed by atoms with Crippen LogP contribution in [0, 0.1) is 0 Å². The van der Waals surface area contributed by atoms with Gasteiger partial charge in [-0.1, -0.05) is 30.3 Å². The number of likely N-dealkylation sites (N-methyl/N-ethyl adjacent to an activating group) is 1. The predicted octanol–water partition coefficient (Wildman–Crippen LogP) is 3.42. The molecule has 1 rings (SSSR count). The molecule has 0 saturated carbocycles. The molecule has 0 spiro atoms. The van der Waals surface area contributed by atoms with Crippen molar-refractivity contribution in [2.45, 2.75) is 52.3 Å². The van der Waals surface area contributed by atoms with E-state index in [2.05, 4.69) is 22.3 Å². The molecule has 118 valence electrons. The fraction of sp³-hybridized carbons (Fsp3) is 0.588. The molecule has 0 saturated heterocycles. The topological polar surface area (TPSA) is 41.6 Å². The molecule has 0 aliphatic rings. The van der Waals surface area contributed by atoms with Crippen LogP contribution in [0.2, 0.25) is 0 Å². The fourth-order valence-electron chi connectivity index (χ4n) is 2.25. The normalized spacial score (nSPS) is 12.3. The van der Waals surface area contributed by atoms with Crippen molar-refractivity contribution >= 4 is 6.09 Å². The number of nitrogens with one attached hydrogen (secondary N) is 1. The maximum Gasteiger partial charge on any atom is 0.408 e. The van der Waals surface area contributed by atoms with Gasteiger partial charge in [0.05, 0.1) is 5.54 Å². The second-order valence-corrected chi connectivity index (χ2v) is 7.17. The van der Waals surface area contributed by atoms with E-state index in [1.807, 2.05) is 59.9 Å². The highest BCUT2D eigenvalue weighted by molar-refractivity contribution is 5.68. The lowest BCUT2D eigenvalue weighted by atomic mass is 10.1. The number of ether oxygens (including phenoxy) is 1. The van der Waals surface area contributed by atoms with Gasteiger partial charge in [0.2, 0.25) is 0 Å². The van der Waals surface area contributed by atoms with Crippen molar-refractivity contribution in [3.8, 4) is 0 Å². The Labute approximate surface area is 128 Å². The smallest absolute Gasteiger partial charge is 0.408 e. The second kappa shape index (κ2) is 6.94. The third-order valence-electron chi connectivity index (χ3n) is 2.80. The van der Waals surface area contributed by atoms with Crippen molar-refractivity contribution in [2.75, 3.05) is 13.6 Å². The minimum atomic E-state index is -0.476. The first-order valence-electron chi connectivity index (χ1n) is 7.31. The summed E-state index contributed by atoms with van der Waals surface area (Å²) in [5.74, 6) is 0. The molecule has 0 unspecified atom stereocenters. The fourth-order valence-corrected chi connectivity index (χ4v) is 2.25. The van der Waals surface area contributed by atoms with Crippen LogP contribution in [-0.4, -0.2) is 35.7 Å². The van der Waals surface area contributed by atoms with Gasteiger partial charge in [0.15, 0.2) is 0 Å². The third-order valence-corrected chi connectivity index (χ3v) is 2.80. The average molecular weight is 292 g/mol. The molecule has 4 heteroatoms. The van der Waals surface area contributed by atoms with Crippen LogP contribution in [0.1, 0.15) is 40.2 Å². The lowest BCUT2D eigenvalue weighted by molar-refractivity contribution is 0.0453. The van der Waals surface area contributed by atoms with Gasteiger partial charge in [0.1, 0.15) is 5.60 Å². The molecule has 0 bridgehead atoms. The highest BCUT2D eigenvalue weighted by atomic mass is 16.6. The van der Waals surface area contributed by atoms with Crippen LogP contribution in [0.25, 0.3) is 0 Å². The molecular weight excluding hydrogens is 264 g/mol. The molecule has 0 aromatic heterocycles. The highest BCUT2D eigenvalue weighted by Crippen LogP contribution is 2.11. The molecule has 1 aromatic rings. The van der Waals surface area contributed by atoms with Crippen LogP contribution in [0.5, 0.6) is 0 Å². The minimum Gasteiger partial charge on any atom is -0.444 e. The third kappa shape index (κ3) is 7.71. The summed E-state index contributed by atoms with van der Waals surface area (Å²) in [4.78, 5) is 14.0. The summed E-state index contributed by atoms with van der Waals surface area (Å²) in [6.07, 6.45) is -0.374. The minimum absolute atomic E-state index is 0.355. The van der Waals surface area contributed by atoms with Crippen LogP contribution < -0.4 is 5.32 Å². The Balaban J connectivity index is 2.49. The number of carbonyl (C=O) groups excluding carboxylic acids is 1. The van der Waals surface area contributed by atoms with Gasteiger partial charge in [-0.05, 0) is 47.2 Å². The SMILES string of the molecule is CN(Cc1ccccc1)CC(C)(C)NC(=O)OC(C)(C)C. The molecule has 21 heavy (non-hydrogen) atoms. The first kappa shape index (κ1) is 17.5.